The maximum atomic E-state index is 12.3. The molecule has 0 aromatic heterocycles. The van der Waals surface area contributed by atoms with Crippen LogP contribution in [-0.4, -0.2) is 6.54 Å². The van der Waals surface area contributed by atoms with E-state index < -0.39 is 11.7 Å². The molecule has 0 bridgehead atoms. The highest BCUT2D eigenvalue weighted by Crippen LogP contribution is 2.33. The van der Waals surface area contributed by atoms with Gasteiger partial charge in [-0.25, -0.2) is 0 Å². The van der Waals surface area contributed by atoms with Gasteiger partial charge in [-0.15, -0.1) is 0 Å². The lowest BCUT2D eigenvalue weighted by atomic mass is 10.2. The molecule has 78 valence electrons. The van der Waals surface area contributed by atoms with E-state index in [1.54, 1.807) is 6.92 Å². The fourth-order valence-corrected chi connectivity index (χ4v) is 1.29. The van der Waals surface area contributed by atoms with Crippen molar-refractivity contribution < 1.29 is 13.2 Å². The van der Waals surface area contributed by atoms with Crippen LogP contribution in [0.2, 0.25) is 5.02 Å². The minimum atomic E-state index is -4.35. The van der Waals surface area contributed by atoms with E-state index in [0.29, 0.717) is 12.2 Å². The standard InChI is InChI=1S/C9H9ClF3N/c1-2-14-8-4-6(9(11,12)13)3-7(10)5-8/h3-5,14H,2H2,1H3. The Morgan fingerprint density at radius 1 is 1.29 bits per heavy atom. The fraction of sp³-hybridized carbons (Fsp3) is 0.333. The third-order valence-electron chi connectivity index (χ3n) is 1.61. The topological polar surface area (TPSA) is 12.0 Å². The van der Waals surface area contributed by atoms with Crippen molar-refractivity contribution in [2.24, 2.45) is 0 Å². The van der Waals surface area contributed by atoms with Gasteiger partial charge in [0.25, 0.3) is 0 Å². The number of nitrogens with one attached hydrogen (secondary N) is 1. The first-order chi connectivity index (χ1) is 6.43. The molecule has 1 rings (SSSR count). The largest absolute Gasteiger partial charge is 0.416 e. The summed E-state index contributed by atoms with van der Waals surface area (Å²) in [6.07, 6.45) is -4.35. The Morgan fingerprint density at radius 3 is 2.43 bits per heavy atom. The predicted octanol–water partition coefficient (Wildman–Crippen LogP) is 3.79. The van der Waals surface area contributed by atoms with Crippen LogP contribution in [-0.2, 0) is 6.18 Å². The van der Waals surface area contributed by atoms with Gasteiger partial charge in [0.05, 0.1) is 5.56 Å². The number of alkyl halides is 3. The number of rotatable bonds is 2. The summed E-state index contributed by atoms with van der Waals surface area (Å²) in [7, 11) is 0. The monoisotopic (exact) mass is 223 g/mol. The van der Waals surface area contributed by atoms with Crippen LogP contribution in [0.25, 0.3) is 0 Å². The summed E-state index contributed by atoms with van der Waals surface area (Å²) in [4.78, 5) is 0. The van der Waals surface area contributed by atoms with Crippen LogP contribution in [0, 0.1) is 0 Å². The smallest absolute Gasteiger partial charge is 0.385 e. The maximum absolute atomic E-state index is 12.3. The van der Waals surface area contributed by atoms with Crippen molar-refractivity contribution in [3.05, 3.63) is 28.8 Å². The zero-order valence-electron chi connectivity index (χ0n) is 7.45. The molecule has 0 aliphatic heterocycles. The first-order valence-electron chi connectivity index (χ1n) is 4.05. The Labute approximate surface area is 84.9 Å². The molecule has 1 nitrogen and oxygen atoms in total. The molecular weight excluding hydrogens is 215 g/mol. The SMILES string of the molecule is CCNc1cc(Cl)cc(C(F)(F)F)c1. The second-order valence-electron chi connectivity index (χ2n) is 2.76. The molecule has 1 aromatic carbocycles. The van der Waals surface area contributed by atoms with Crippen LogP contribution in [0.1, 0.15) is 12.5 Å². The van der Waals surface area contributed by atoms with E-state index in [0.717, 1.165) is 12.1 Å². The van der Waals surface area contributed by atoms with Crippen molar-refractivity contribution in [2.45, 2.75) is 13.1 Å². The van der Waals surface area contributed by atoms with Crippen LogP contribution in [0.3, 0.4) is 0 Å². The summed E-state index contributed by atoms with van der Waals surface area (Å²) < 4.78 is 36.9. The molecule has 0 aliphatic rings. The summed E-state index contributed by atoms with van der Waals surface area (Å²) >= 11 is 5.55. The summed E-state index contributed by atoms with van der Waals surface area (Å²) in [6, 6.07) is 3.40. The lowest BCUT2D eigenvalue weighted by Gasteiger charge is -2.10. The third-order valence-corrected chi connectivity index (χ3v) is 1.82. The third kappa shape index (κ3) is 2.80. The lowest BCUT2D eigenvalue weighted by molar-refractivity contribution is -0.137. The maximum Gasteiger partial charge on any atom is 0.416 e. The number of hydrogen-bond acceptors (Lipinski definition) is 1. The van der Waals surface area contributed by atoms with Crippen LogP contribution in [0.5, 0.6) is 0 Å². The quantitative estimate of drug-likeness (QED) is 0.804. The predicted molar refractivity (Wildman–Crippen MR) is 50.6 cm³/mol. The van der Waals surface area contributed by atoms with E-state index in [9.17, 15) is 13.2 Å². The number of halogens is 4. The van der Waals surface area contributed by atoms with E-state index >= 15 is 0 Å². The zero-order chi connectivity index (χ0) is 10.8. The number of benzene rings is 1. The summed E-state index contributed by atoms with van der Waals surface area (Å²) in [5.74, 6) is 0. The molecule has 0 amide bonds. The van der Waals surface area contributed by atoms with E-state index in [4.69, 9.17) is 11.6 Å². The van der Waals surface area contributed by atoms with E-state index in [2.05, 4.69) is 5.32 Å². The second kappa shape index (κ2) is 4.09. The molecule has 0 saturated heterocycles. The van der Waals surface area contributed by atoms with Crippen LogP contribution < -0.4 is 5.32 Å². The van der Waals surface area contributed by atoms with Crippen LogP contribution >= 0.6 is 11.6 Å². The van der Waals surface area contributed by atoms with Gasteiger partial charge in [0.2, 0.25) is 0 Å². The Morgan fingerprint density at radius 2 is 1.93 bits per heavy atom. The van der Waals surface area contributed by atoms with Gasteiger partial charge < -0.3 is 5.32 Å². The van der Waals surface area contributed by atoms with Gasteiger partial charge in [-0.05, 0) is 25.1 Å². The van der Waals surface area contributed by atoms with E-state index in [1.807, 2.05) is 0 Å². The molecule has 0 unspecified atom stereocenters. The molecule has 1 N–H and O–H groups in total. The van der Waals surface area contributed by atoms with Gasteiger partial charge in [-0.2, -0.15) is 13.2 Å². The van der Waals surface area contributed by atoms with E-state index in [1.165, 1.54) is 6.07 Å². The minimum Gasteiger partial charge on any atom is -0.385 e. The number of hydrogen-bond donors (Lipinski definition) is 1. The Kier molecular flexibility index (Phi) is 3.26. The minimum absolute atomic E-state index is 0.0794. The van der Waals surface area contributed by atoms with Crippen molar-refractivity contribution in [1.82, 2.24) is 0 Å². The lowest BCUT2D eigenvalue weighted by Crippen LogP contribution is -2.06. The first kappa shape index (κ1) is 11.2. The normalized spacial score (nSPS) is 11.5. The second-order valence-corrected chi connectivity index (χ2v) is 3.19. The number of anilines is 1. The van der Waals surface area contributed by atoms with Crippen molar-refractivity contribution >= 4 is 17.3 Å². The van der Waals surface area contributed by atoms with Crippen molar-refractivity contribution in [2.75, 3.05) is 11.9 Å². The average molecular weight is 224 g/mol. The molecule has 0 atom stereocenters. The molecule has 0 aliphatic carbocycles. The van der Waals surface area contributed by atoms with Gasteiger partial charge >= 0.3 is 6.18 Å². The Hall–Kier alpha value is -0.900. The van der Waals surface area contributed by atoms with Gasteiger partial charge in [-0.3, -0.25) is 0 Å². The Bertz CT molecular complexity index is 322. The van der Waals surface area contributed by atoms with E-state index in [-0.39, 0.29) is 5.02 Å². The molecule has 0 spiro atoms. The summed E-state index contributed by atoms with van der Waals surface area (Å²) in [6.45, 7) is 2.35. The average Bonchev–Trinajstić information content (AvgIpc) is 2.02. The molecular formula is C9H9ClF3N. The van der Waals surface area contributed by atoms with Gasteiger partial charge in [0.15, 0.2) is 0 Å². The van der Waals surface area contributed by atoms with Crippen molar-refractivity contribution in [3.8, 4) is 0 Å². The molecule has 0 heterocycles. The molecule has 14 heavy (non-hydrogen) atoms. The van der Waals surface area contributed by atoms with Crippen molar-refractivity contribution in [1.29, 1.82) is 0 Å². The highest BCUT2D eigenvalue weighted by atomic mass is 35.5. The summed E-state index contributed by atoms with van der Waals surface area (Å²) in [5.41, 5.74) is -0.353. The summed E-state index contributed by atoms with van der Waals surface area (Å²) in [5, 5.41) is 2.86. The van der Waals surface area contributed by atoms with Crippen LogP contribution in [0.15, 0.2) is 18.2 Å². The van der Waals surface area contributed by atoms with Gasteiger partial charge in [0.1, 0.15) is 0 Å². The molecule has 0 fully saturated rings. The highest BCUT2D eigenvalue weighted by molar-refractivity contribution is 6.30. The highest BCUT2D eigenvalue weighted by Gasteiger charge is 2.31. The van der Waals surface area contributed by atoms with Crippen molar-refractivity contribution in [3.63, 3.8) is 0 Å². The van der Waals surface area contributed by atoms with Crippen LogP contribution in [0.4, 0.5) is 18.9 Å². The van der Waals surface area contributed by atoms with Gasteiger partial charge in [-0.1, -0.05) is 11.6 Å². The van der Waals surface area contributed by atoms with Gasteiger partial charge in [0, 0.05) is 17.3 Å². The molecule has 0 saturated carbocycles. The first-order valence-corrected chi connectivity index (χ1v) is 4.43. The molecule has 0 radical (unpaired) electrons. The zero-order valence-corrected chi connectivity index (χ0v) is 8.21. The fourth-order valence-electron chi connectivity index (χ4n) is 1.06. The molecule has 1 aromatic rings. The molecule has 5 heteroatoms. The Balaban J connectivity index is 3.07.